The number of ether oxygens (including phenoxy) is 1. The summed E-state index contributed by atoms with van der Waals surface area (Å²) in [5.74, 6) is 0.610. The van der Waals surface area contributed by atoms with Crippen LogP contribution in [-0.4, -0.2) is 22.6 Å². The van der Waals surface area contributed by atoms with E-state index in [1.807, 2.05) is 6.92 Å². The summed E-state index contributed by atoms with van der Waals surface area (Å²) >= 11 is 5.90. The van der Waals surface area contributed by atoms with Crippen molar-refractivity contribution in [2.75, 3.05) is 18.5 Å². The third-order valence-corrected chi connectivity index (χ3v) is 5.24. The molecule has 0 saturated heterocycles. The van der Waals surface area contributed by atoms with Crippen LogP contribution in [0, 0.1) is 6.92 Å². The summed E-state index contributed by atoms with van der Waals surface area (Å²) < 4.78 is 31.5. The van der Waals surface area contributed by atoms with Gasteiger partial charge < -0.3 is 4.74 Å². The largest absolute Gasteiger partial charge is 0.497 e. The Morgan fingerprint density at radius 2 is 1.71 bits per heavy atom. The van der Waals surface area contributed by atoms with Crippen molar-refractivity contribution in [2.24, 2.45) is 0 Å². The molecule has 0 atom stereocenters. The number of benzene rings is 2. The zero-order valence-corrected chi connectivity index (χ0v) is 13.6. The summed E-state index contributed by atoms with van der Waals surface area (Å²) in [6.45, 7) is 1.82. The van der Waals surface area contributed by atoms with E-state index in [2.05, 4.69) is 0 Å². The van der Waals surface area contributed by atoms with Crippen molar-refractivity contribution in [3.63, 3.8) is 0 Å². The highest BCUT2D eigenvalue weighted by Gasteiger charge is 2.22. The molecule has 0 aliphatic carbocycles. The predicted molar refractivity (Wildman–Crippen MR) is 84.8 cm³/mol. The minimum Gasteiger partial charge on any atom is -0.497 e. The maximum atomic E-state index is 12.6. The molecule has 6 heteroatoms. The quantitative estimate of drug-likeness (QED) is 0.864. The number of hydrogen-bond acceptors (Lipinski definition) is 3. The fourth-order valence-electron chi connectivity index (χ4n) is 2.01. The van der Waals surface area contributed by atoms with Crippen molar-refractivity contribution in [3.05, 3.63) is 53.1 Å². The van der Waals surface area contributed by atoms with Crippen LogP contribution < -0.4 is 9.04 Å². The summed E-state index contributed by atoms with van der Waals surface area (Å²) in [6.07, 6.45) is 0. The number of methoxy groups -OCH3 is 1. The van der Waals surface area contributed by atoms with E-state index in [0.29, 0.717) is 16.5 Å². The van der Waals surface area contributed by atoms with Crippen LogP contribution in [-0.2, 0) is 10.0 Å². The number of nitrogens with zero attached hydrogens (tertiary/aromatic N) is 1. The Morgan fingerprint density at radius 3 is 2.24 bits per heavy atom. The van der Waals surface area contributed by atoms with Gasteiger partial charge in [0.1, 0.15) is 5.75 Å². The number of sulfonamides is 1. The van der Waals surface area contributed by atoms with Gasteiger partial charge in [0.25, 0.3) is 10.0 Å². The Labute approximate surface area is 130 Å². The molecule has 21 heavy (non-hydrogen) atoms. The summed E-state index contributed by atoms with van der Waals surface area (Å²) in [6, 6.07) is 11.4. The summed E-state index contributed by atoms with van der Waals surface area (Å²) in [7, 11) is -0.560. The topological polar surface area (TPSA) is 46.6 Å². The van der Waals surface area contributed by atoms with E-state index in [0.717, 1.165) is 5.56 Å². The fraction of sp³-hybridized carbons (Fsp3) is 0.200. The number of aryl methyl sites for hydroxylation is 1. The van der Waals surface area contributed by atoms with E-state index >= 15 is 0 Å². The van der Waals surface area contributed by atoms with Crippen LogP contribution in [0.25, 0.3) is 0 Å². The average Bonchev–Trinajstić information content (AvgIpc) is 2.46. The van der Waals surface area contributed by atoms with Gasteiger partial charge in [-0.1, -0.05) is 11.6 Å². The van der Waals surface area contributed by atoms with E-state index < -0.39 is 10.0 Å². The molecular weight excluding hydrogens is 310 g/mol. The third kappa shape index (κ3) is 3.14. The normalized spacial score (nSPS) is 11.2. The van der Waals surface area contributed by atoms with Crippen molar-refractivity contribution >= 4 is 27.3 Å². The highest BCUT2D eigenvalue weighted by Crippen LogP contribution is 2.28. The van der Waals surface area contributed by atoms with Gasteiger partial charge in [-0.2, -0.15) is 0 Å². The molecule has 112 valence electrons. The van der Waals surface area contributed by atoms with Crippen LogP contribution in [0.5, 0.6) is 5.75 Å². The molecule has 0 heterocycles. The van der Waals surface area contributed by atoms with Crippen molar-refractivity contribution in [1.29, 1.82) is 0 Å². The van der Waals surface area contributed by atoms with E-state index in [1.165, 1.54) is 30.6 Å². The van der Waals surface area contributed by atoms with Crippen LogP contribution in [0.2, 0.25) is 5.02 Å². The zero-order valence-electron chi connectivity index (χ0n) is 12.0. The predicted octanol–water partition coefficient (Wildman–Crippen LogP) is 3.48. The molecule has 0 saturated carbocycles. The fourth-order valence-corrected chi connectivity index (χ4v) is 3.49. The first kappa shape index (κ1) is 15.7. The number of hydrogen-bond donors (Lipinski definition) is 0. The van der Waals surface area contributed by atoms with E-state index in [1.54, 1.807) is 30.3 Å². The van der Waals surface area contributed by atoms with Gasteiger partial charge in [0.05, 0.1) is 17.7 Å². The average molecular weight is 326 g/mol. The SMILES string of the molecule is COc1ccc(S(=O)(=O)N(C)c2ccc(Cl)cc2C)cc1. The zero-order chi connectivity index (χ0) is 15.6. The Morgan fingerprint density at radius 1 is 1.10 bits per heavy atom. The molecule has 0 amide bonds. The molecule has 2 rings (SSSR count). The lowest BCUT2D eigenvalue weighted by Crippen LogP contribution is -2.27. The molecule has 2 aromatic rings. The molecule has 2 aromatic carbocycles. The standard InChI is InChI=1S/C15H16ClNO3S/c1-11-10-12(16)4-9-15(11)17(2)21(18,19)14-7-5-13(20-3)6-8-14/h4-10H,1-3H3. The maximum absolute atomic E-state index is 12.6. The van der Waals surface area contributed by atoms with Gasteiger partial charge in [-0.25, -0.2) is 8.42 Å². The Bertz CT molecular complexity index is 742. The van der Waals surface area contributed by atoms with Crippen LogP contribution in [0.3, 0.4) is 0 Å². The molecule has 0 radical (unpaired) electrons. The first-order valence-electron chi connectivity index (χ1n) is 6.25. The number of halogens is 1. The molecule has 0 fully saturated rings. The summed E-state index contributed by atoms with van der Waals surface area (Å²) in [4.78, 5) is 0.208. The molecule has 0 unspecified atom stereocenters. The first-order valence-corrected chi connectivity index (χ1v) is 8.07. The summed E-state index contributed by atoms with van der Waals surface area (Å²) in [5, 5.41) is 0.575. The maximum Gasteiger partial charge on any atom is 0.264 e. The van der Waals surface area contributed by atoms with Gasteiger partial charge in [0, 0.05) is 12.1 Å². The lowest BCUT2D eigenvalue weighted by atomic mass is 10.2. The van der Waals surface area contributed by atoms with Crippen LogP contribution >= 0.6 is 11.6 Å². The minimum atomic E-state index is -3.62. The van der Waals surface area contributed by atoms with Gasteiger partial charge in [-0.3, -0.25) is 4.31 Å². The molecule has 0 aromatic heterocycles. The molecule has 0 aliphatic rings. The Kier molecular flexibility index (Phi) is 4.44. The van der Waals surface area contributed by atoms with Crippen molar-refractivity contribution in [3.8, 4) is 5.75 Å². The highest BCUT2D eigenvalue weighted by atomic mass is 35.5. The molecule has 0 N–H and O–H groups in total. The van der Waals surface area contributed by atoms with Gasteiger partial charge in [0.15, 0.2) is 0 Å². The lowest BCUT2D eigenvalue weighted by Gasteiger charge is -2.21. The first-order chi connectivity index (χ1) is 9.86. The van der Waals surface area contributed by atoms with Crippen molar-refractivity contribution in [1.82, 2.24) is 0 Å². The van der Waals surface area contributed by atoms with Crippen LogP contribution in [0.15, 0.2) is 47.4 Å². The second-order valence-corrected chi connectivity index (χ2v) is 6.98. The minimum absolute atomic E-state index is 0.208. The van der Waals surface area contributed by atoms with Crippen LogP contribution in [0.1, 0.15) is 5.56 Å². The molecule has 0 bridgehead atoms. The second kappa shape index (κ2) is 5.95. The van der Waals surface area contributed by atoms with E-state index in [-0.39, 0.29) is 4.90 Å². The molecule has 0 spiro atoms. The summed E-state index contributed by atoms with van der Waals surface area (Å²) in [5.41, 5.74) is 1.39. The highest BCUT2D eigenvalue weighted by molar-refractivity contribution is 7.92. The molecular formula is C15H16ClNO3S. The van der Waals surface area contributed by atoms with Crippen LogP contribution in [0.4, 0.5) is 5.69 Å². The number of anilines is 1. The Balaban J connectivity index is 2.42. The van der Waals surface area contributed by atoms with Gasteiger partial charge in [-0.05, 0) is 55.0 Å². The van der Waals surface area contributed by atoms with Gasteiger partial charge >= 0.3 is 0 Å². The molecule has 0 aliphatic heterocycles. The van der Waals surface area contributed by atoms with Crippen molar-refractivity contribution in [2.45, 2.75) is 11.8 Å². The lowest BCUT2D eigenvalue weighted by molar-refractivity contribution is 0.414. The Hall–Kier alpha value is -1.72. The second-order valence-electron chi connectivity index (χ2n) is 4.58. The number of rotatable bonds is 4. The van der Waals surface area contributed by atoms with Gasteiger partial charge in [0.2, 0.25) is 0 Å². The van der Waals surface area contributed by atoms with E-state index in [9.17, 15) is 8.42 Å². The smallest absolute Gasteiger partial charge is 0.264 e. The van der Waals surface area contributed by atoms with E-state index in [4.69, 9.17) is 16.3 Å². The third-order valence-electron chi connectivity index (χ3n) is 3.22. The molecule has 4 nitrogen and oxygen atoms in total. The monoisotopic (exact) mass is 325 g/mol. The van der Waals surface area contributed by atoms with Gasteiger partial charge in [-0.15, -0.1) is 0 Å². The van der Waals surface area contributed by atoms with Crippen molar-refractivity contribution < 1.29 is 13.2 Å².